The summed E-state index contributed by atoms with van der Waals surface area (Å²) in [6.45, 7) is 4.77. The highest BCUT2D eigenvalue weighted by atomic mass is 35.5. The van der Waals surface area contributed by atoms with Gasteiger partial charge in [0.1, 0.15) is 11.9 Å². The van der Waals surface area contributed by atoms with Crippen LogP contribution in [0.25, 0.3) is 0 Å². The smallest absolute Gasteiger partial charge is 0.244 e. The molecule has 2 aromatic rings. The molecule has 1 amide bonds. The number of hydrogen-bond acceptors (Lipinski definition) is 4. The first-order valence-corrected chi connectivity index (χ1v) is 8.40. The maximum absolute atomic E-state index is 12.6. The predicted octanol–water partition coefficient (Wildman–Crippen LogP) is 3.24. The van der Waals surface area contributed by atoms with Gasteiger partial charge in [-0.05, 0) is 24.6 Å². The zero-order valence-electron chi connectivity index (χ0n) is 14.5. The summed E-state index contributed by atoms with van der Waals surface area (Å²) >= 11 is 5.87. The summed E-state index contributed by atoms with van der Waals surface area (Å²) in [4.78, 5) is 20.9. The molecule has 1 fully saturated rings. The minimum atomic E-state index is -0.606. The van der Waals surface area contributed by atoms with Crippen molar-refractivity contribution in [3.63, 3.8) is 0 Å². The molecule has 0 aliphatic carbocycles. The second-order valence-electron chi connectivity index (χ2n) is 6.04. The normalized spacial score (nSPS) is 14.9. The molecular formula is C18H23Cl3N4O. The first-order valence-electron chi connectivity index (χ1n) is 8.02. The fourth-order valence-corrected chi connectivity index (χ4v) is 2.94. The van der Waals surface area contributed by atoms with Gasteiger partial charge in [-0.3, -0.25) is 4.79 Å². The van der Waals surface area contributed by atoms with Crippen LogP contribution in [0.2, 0.25) is 5.02 Å². The molecular weight excluding hydrogens is 395 g/mol. The molecule has 0 bridgehead atoms. The number of piperazine rings is 1. The Morgan fingerprint density at radius 1 is 1.08 bits per heavy atom. The van der Waals surface area contributed by atoms with E-state index in [9.17, 15) is 4.79 Å². The van der Waals surface area contributed by atoms with Gasteiger partial charge in [0.25, 0.3) is 0 Å². The fraction of sp³-hybridized carbons (Fsp3) is 0.333. The third-order valence-electron chi connectivity index (χ3n) is 4.33. The van der Waals surface area contributed by atoms with E-state index in [-0.39, 0.29) is 30.7 Å². The molecule has 142 valence electrons. The van der Waals surface area contributed by atoms with Crippen LogP contribution in [-0.2, 0) is 4.79 Å². The molecule has 0 saturated carbocycles. The number of amides is 1. The lowest BCUT2D eigenvalue weighted by Gasteiger charge is -2.36. The summed E-state index contributed by atoms with van der Waals surface area (Å²) in [6, 6.07) is 10.9. The Morgan fingerprint density at radius 2 is 1.69 bits per heavy atom. The number of carbonyl (C=O) groups is 1. The molecule has 1 atom stereocenters. The first kappa shape index (κ1) is 22.5. The van der Waals surface area contributed by atoms with Gasteiger partial charge in [-0.1, -0.05) is 41.4 Å². The molecule has 1 aromatic carbocycles. The molecule has 2 heterocycles. The molecule has 1 aromatic heterocycles. The minimum Gasteiger partial charge on any atom is -0.353 e. The molecule has 1 unspecified atom stereocenters. The van der Waals surface area contributed by atoms with Crippen LogP contribution in [0.3, 0.4) is 0 Å². The van der Waals surface area contributed by atoms with Crippen molar-refractivity contribution in [3.8, 4) is 0 Å². The molecule has 1 saturated heterocycles. The third-order valence-corrected chi connectivity index (χ3v) is 4.55. The molecule has 2 N–H and O–H groups in total. The molecule has 1 aliphatic rings. The van der Waals surface area contributed by atoms with Crippen LogP contribution in [0.5, 0.6) is 0 Å². The van der Waals surface area contributed by atoms with Crippen LogP contribution in [0.1, 0.15) is 17.2 Å². The average Bonchev–Trinajstić information content (AvgIpc) is 2.62. The number of halogens is 3. The van der Waals surface area contributed by atoms with Crippen molar-refractivity contribution in [2.24, 2.45) is 5.73 Å². The Bertz CT molecular complexity index is 701. The van der Waals surface area contributed by atoms with Crippen LogP contribution >= 0.6 is 36.4 Å². The lowest BCUT2D eigenvalue weighted by Crippen LogP contribution is -2.51. The Kier molecular flexibility index (Phi) is 8.63. The second-order valence-corrected chi connectivity index (χ2v) is 6.47. The zero-order chi connectivity index (χ0) is 17.1. The molecule has 26 heavy (non-hydrogen) atoms. The largest absolute Gasteiger partial charge is 0.353 e. The summed E-state index contributed by atoms with van der Waals surface area (Å²) in [7, 11) is 0. The number of benzene rings is 1. The van der Waals surface area contributed by atoms with Crippen LogP contribution in [0.15, 0.2) is 42.6 Å². The van der Waals surface area contributed by atoms with Gasteiger partial charge < -0.3 is 15.5 Å². The summed E-state index contributed by atoms with van der Waals surface area (Å²) < 4.78 is 0. The number of anilines is 1. The molecule has 8 heteroatoms. The lowest BCUT2D eigenvalue weighted by molar-refractivity contribution is -0.133. The minimum absolute atomic E-state index is 0. The molecule has 1 aliphatic heterocycles. The van der Waals surface area contributed by atoms with Gasteiger partial charge in [-0.15, -0.1) is 24.8 Å². The van der Waals surface area contributed by atoms with E-state index in [1.807, 2.05) is 48.2 Å². The number of nitrogens with two attached hydrogens (primary N) is 1. The van der Waals surface area contributed by atoms with E-state index in [2.05, 4.69) is 9.88 Å². The van der Waals surface area contributed by atoms with E-state index in [4.69, 9.17) is 17.3 Å². The summed E-state index contributed by atoms with van der Waals surface area (Å²) in [5.41, 5.74) is 8.16. The number of pyridine rings is 1. The lowest BCUT2D eigenvalue weighted by atomic mass is 10.0. The van der Waals surface area contributed by atoms with Crippen LogP contribution in [-0.4, -0.2) is 42.0 Å². The van der Waals surface area contributed by atoms with Crippen LogP contribution in [0.4, 0.5) is 5.82 Å². The number of hydrogen-bond donors (Lipinski definition) is 1. The van der Waals surface area contributed by atoms with Gasteiger partial charge in [0.15, 0.2) is 0 Å². The van der Waals surface area contributed by atoms with Crippen LogP contribution < -0.4 is 10.6 Å². The van der Waals surface area contributed by atoms with E-state index < -0.39 is 6.04 Å². The summed E-state index contributed by atoms with van der Waals surface area (Å²) in [5, 5.41) is 0.622. The zero-order valence-corrected chi connectivity index (χ0v) is 16.9. The monoisotopic (exact) mass is 416 g/mol. The number of nitrogens with zero attached hydrogens (tertiary/aromatic N) is 3. The molecule has 3 rings (SSSR count). The molecule has 0 radical (unpaired) electrons. The number of rotatable bonds is 3. The predicted molar refractivity (Wildman–Crippen MR) is 111 cm³/mol. The Morgan fingerprint density at radius 3 is 2.23 bits per heavy atom. The van der Waals surface area contributed by atoms with E-state index in [0.29, 0.717) is 18.1 Å². The van der Waals surface area contributed by atoms with Crippen molar-refractivity contribution < 1.29 is 4.79 Å². The van der Waals surface area contributed by atoms with E-state index in [1.54, 1.807) is 6.20 Å². The van der Waals surface area contributed by atoms with E-state index in [0.717, 1.165) is 30.0 Å². The molecule has 0 spiro atoms. The Balaban J connectivity index is 0.00000169. The maximum Gasteiger partial charge on any atom is 0.244 e. The van der Waals surface area contributed by atoms with Gasteiger partial charge >= 0.3 is 0 Å². The summed E-state index contributed by atoms with van der Waals surface area (Å²) in [6.07, 6.45) is 1.64. The third kappa shape index (κ3) is 5.24. The standard InChI is InChI=1S/C18H21ClN4O.2ClH/c1-13-2-4-14(5-3-13)17(20)18(24)23-10-8-22(9-11-23)16-7-6-15(19)12-21-16;;/h2-7,12,17H,8-11,20H2,1H3;2*1H. The molecule has 5 nitrogen and oxygen atoms in total. The van der Waals surface area contributed by atoms with Gasteiger partial charge in [0, 0.05) is 32.4 Å². The highest BCUT2D eigenvalue weighted by Gasteiger charge is 2.26. The van der Waals surface area contributed by atoms with Gasteiger partial charge in [-0.2, -0.15) is 0 Å². The average molecular weight is 418 g/mol. The first-order chi connectivity index (χ1) is 11.5. The van der Waals surface area contributed by atoms with Gasteiger partial charge in [0.2, 0.25) is 5.91 Å². The number of carbonyl (C=O) groups excluding carboxylic acids is 1. The second kappa shape index (κ2) is 9.97. The Labute approximate surface area is 171 Å². The SMILES string of the molecule is Cc1ccc(C(N)C(=O)N2CCN(c3ccc(Cl)cn3)CC2)cc1.Cl.Cl. The topological polar surface area (TPSA) is 62.5 Å². The van der Waals surface area contributed by atoms with Crippen molar-refractivity contribution in [1.29, 1.82) is 0 Å². The highest BCUT2D eigenvalue weighted by molar-refractivity contribution is 6.30. The highest BCUT2D eigenvalue weighted by Crippen LogP contribution is 2.19. The Hall–Kier alpha value is -1.53. The quantitative estimate of drug-likeness (QED) is 0.833. The van der Waals surface area contributed by atoms with Crippen molar-refractivity contribution in [2.45, 2.75) is 13.0 Å². The van der Waals surface area contributed by atoms with E-state index >= 15 is 0 Å². The number of aromatic nitrogens is 1. The fourth-order valence-electron chi connectivity index (χ4n) is 2.82. The van der Waals surface area contributed by atoms with Crippen molar-refractivity contribution >= 4 is 48.1 Å². The maximum atomic E-state index is 12.6. The van der Waals surface area contributed by atoms with E-state index in [1.165, 1.54) is 0 Å². The van der Waals surface area contributed by atoms with Crippen molar-refractivity contribution in [3.05, 3.63) is 58.7 Å². The van der Waals surface area contributed by atoms with Crippen LogP contribution in [0, 0.1) is 6.92 Å². The van der Waals surface area contributed by atoms with Crippen molar-refractivity contribution in [2.75, 3.05) is 31.1 Å². The van der Waals surface area contributed by atoms with Crippen molar-refractivity contribution in [1.82, 2.24) is 9.88 Å². The van der Waals surface area contributed by atoms with Gasteiger partial charge in [-0.25, -0.2) is 4.98 Å². The van der Waals surface area contributed by atoms with Gasteiger partial charge in [0.05, 0.1) is 5.02 Å². The summed E-state index contributed by atoms with van der Waals surface area (Å²) in [5.74, 6) is 0.858. The number of aryl methyl sites for hydroxylation is 1.